The molecule has 0 aliphatic carbocycles. The van der Waals surface area contributed by atoms with Gasteiger partial charge in [-0.15, -0.1) is 0 Å². The van der Waals surface area contributed by atoms with E-state index >= 15 is 0 Å². The molecule has 3 aromatic rings. The van der Waals surface area contributed by atoms with Gasteiger partial charge in [-0.05, 0) is 57.0 Å². The number of furan rings is 1. The molecule has 0 bridgehead atoms. The van der Waals surface area contributed by atoms with Crippen LogP contribution in [0.3, 0.4) is 0 Å². The number of benzene rings is 1. The van der Waals surface area contributed by atoms with Crippen LogP contribution in [0.5, 0.6) is 5.75 Å². The number of aryl methyl sites for hydroxylation is 1. The molecule has 1 aromatic carbocycles. The number of nitrogens with one attached hydrogen (secondary N) is 1. The van der Waals surface area contributed by atoms with Crippen molar-refractivity contribution >= 4 is 28.3 Å². The molecule has 0 aliphatic rings. The molecule has 0 fully saturated rings. The third-order valence-corrected chi connectivity index (χ3v) is 3.80. The Bertz CT molecular complexity index is 969. The van der Waals surface area contributed by atoms with Crippen LogP contribution in [-0.4, -0.2) is 17.0 Å². The lowest BCUT2D eigenvalue weighted by Crippen LogP contribution is -2.14. The van der Waals surface area contributed by atoms with E-state index in [9.17, 15) is 4.79 Å². The Morgan fingerprint density at radius 1 is 1.27 bits per heavy atom. The molecule has 0 spiro atoms. The van der Waals surface area contributed by atoms with E-state index in [0.717, 1.165) is 11.1 Å². The highest BCUT2D eigenvalue weighted by molar-refractivity contribution is 6.12. The number of carbonyl (C=O) groups excluding carboxylic acids is 1. The third-order valence-electron chi connectivity index (χ3n) is 3.80. The first kappa shape index (κ1) is 17.7. The van der Waals surface area contributed by atoms with Gasteiger partial charge >= 0.3 is 0 Å². The van der Waals surface area contributed by atoms with E-state index in [1.807, 2.05) is 39.8 Å². The van der Waals surface area contributed by atoms with E-state index in [4.69, 9.17) is 9.15 Å². The van der Waals surface area contributed by atoms with E-state index in [2.05, 4.69) is 16.9 Å². The van der Waals surface area contributed by atoms with Crippen LogP contribution in [0.1, 0.15) is 42.5 Å². The molecule has 26 heavy (non-hydrogen) atoms. The van der Waals surface area contributed by atoms with Crippen LogP contribution in [0.2, 0.25) is 0 Å². The molecule has 0 unspecified atom stereocenters. The standard InChI is InChI=1S/C21H22N2O3/c1-12(2)18-10-16-17(8-15(25-13(3)4)9-19(16)26-18)21(24)23-20-7-6-14(5)11-22-20/h6-11,13H,1H2,2-5H3,(H,22,23,24). The Morgan fingerprint density at radius 2 is 2.04 bits per heavy atom. The summed E-state index contributed by atoms with van der Waals surface area (Å²) in [4.78, 5) is 17.1. The molecule has 0 saturated heterocycles. The number of amides is 1. The van der Waals surface area contributed by atoms with Crippen LogP contribution in [0.15, 0.2) is 47.5 Å². The van der Waals surface area contributed by atoms with E-state index in [1.165, 1.54) is 0 Å². The van der Waals surface area contributed by atoms with Crippen molar-refractivity contribution in [2.75, 3.05) is 5.32 Å². The summed E-state index contributed by atoms with van der Waals surface area (Å²) in [5.74, 6) is 1.45. The summed E-state index contributed by atoms with van der Waals surface area (Å²) in [6.07, 6.45) is 1.69. The van der Waals surface area contributed by atoms with Gasteiger partial charge in [0.1, 0.15) is 22.9 Å². The summed E-state index contributed by atoms with van der Waals surface area (Å²) >= 11 is 0. The van der Waals surface area contributed by atoms with Crippen molar-refractivity contribution in [3.05, 3.63) is 60.0 Å². The van der Waals surface area contributed by atoms with E-state index in [1.54, 1.807) is 24.4 Å². The zero-order chi connectivity index (χ0) is 18.8. The second kappa shape index (κ2) is 7.04. The van der Waals surface area contributed by atoms with E-state index in [0.29, 0.717) is 33.9 Å². The van der Waals surface area contributed by atoms with Gasteiger partial charge in [0.25, 0.3) is 5.91 Å². The average Bonchev–Trinajstić information content (AvgIpc) is 3.00. The van der Waals surface area contributed by atoms with Crippen LogP contribution < -0.4 is 10.1 Å². The number of carbonyl (C=O) groups is 1. The largest absolute Gasteiger partial charge is 0.491 e. The van der Waals surface area contributed by atoms with Gasteiger partial charge in [0.15, 0.2) is 0 Å². The lowest BCUT2D eigenvalue weighted by molar-refractivity contribution is 0.102. The molecule has 0 aliphatic heterocycles. The van der Waals surface area contributed by atoms with Gasteiger partial charge in [0.05, 0.1) is 11.7 Å². The first-order chi connectivity index (χ1) is 12.3. The molecule has 0 saturated carbocycles. The van der Waals surface area contributed by atoms with Crippen LogP contribution in [0, 0.1) is 6.92 Å². The van der Waals surface area contributed by atoms with Crippen molar-refractivity contribution in [1.29, 1.82) is 0 Å². The van der Waals surface area contributed by atoms with Crippen LogP contribution >= 0.6 is 0 Å². The number of nitrogens with zero attached hydrogens (tertiary/aromatic N) is 1. The number of rotatable bonds is 5. The average molecular weight is 350 g/mol. The Balaban J connectivity index is 2.04. The first-order valence-corrected chi connectivity index (χ1v) is 8.47. The van der Waals surface area contributed by atoms with Crippen molar-refractivity contribution in [2.24, 2.45) is 0 Å². The van der Waals surface area contributed by atoms with Gasteiger partial charge in [-0.1, -0.05) is 12.6 Å². The number of hydrogen-bond donors (Lipinski definition) is 1. The zero-order valence-corrected chi connectivity index (χ0v) is 15.4. The van der Waals surface area contributed by atoms with Crippen LogP contribution in [0.25, 0.3) is 16.5 Å². The van der Waals surface area contributed by atoms with Crippen molar-refractivity contribution in [2.45, 2.75) is 33.8 Å². The van der Waals surface area contributed by atoms with E-state index < -0.39 is 0 Å². The maximum atomic E-state index is 12.9. The van der Waals surface area contributed by atoms with Gasteiger partial charge in [-0.2, -0.15) is 0 Å². The third kappa shape index (κ3) is 3.77. The summed E-state index contributed by atoms with van der Waals surface area (Å²) in [6.45, 7) is 11.6. The minimum atomic E-state index is -0.269. The van der Waals surface area contributed by atoms with Crippen LogP contribution in [-0.2, 0) is 0 Å². The van der Waals surface area contributed by atoms with Crippen molar-refractivity contribution in [3.63, 3.8) is 0 Å². The summed E-state index contributed by atoms with van der Waals surface area (Å²) in [6, 6.07) is 9.02. The van der Waals surface area contributed by atoms with Crippen LogP contribution in [0.4, 0.5) is 5.82 Å². The molecule has 2 heterocycles. The van der Waals surface area contributed by atoms with Crippen molar-refractivity contribution in [3.8, 4) is 5.75 Å². The second-order valence-electron chi connectivity index (χ2n) is 6.62. The van der Waals surface area contributed by atoms with Crippen molar-refractivity contribution < 1.29 is 13.9 Å². The fraction of sp³-hybridized carbons (Fsp3) is 0.238. The molecule has 1 N–H and O–H groups in total. The number of anilines is 1. The number of fused-ring (bicyclic) bond motifs is 1. The Morgan fingerprint density at radius 3 is 2.65 bits per heavy atom. The quantitative estimate of drug-likeness (QED) is 0.686. The molecule has 0 atom stereocenters. The number of hydrogen-bond acceptors (Lipinski definition) is 4. The second-order valence-corrected chi connectivity index (χ2v) is 6.62. The Labute approximate surface area is 152 Å². The molecular formula is C21H22N2O3. The number of ether oxygens (including phenoxy) is 1. The van der Waals surface area contributed by atoms with Gasteiger partial charge in [0, 0.05) is 17.6 Å². The lowest BCUT2D eigenvalue weighted by atomic mass is 10.1. The lowest BCUT2D eigenvalue weighted by Gasteiger charge is -2.12. The number of pyridine rings is 1. The topological polar surface area (TPSA) is 64.4 Å². The molecule has 2 aromatic heterocycles. The van der Waals surface area contributed by atoms with Gasteiger partial charge in [-0.25, -0.2) is 4.98 Å². The molecule has 5 nitrogen and oxygen atoms in total. The normalized spacial score (nSPS) is 11.0. The molecule has 1 amide bonds. The van der Waals surface area contributed by atoms with Gasteiger partial charge in [-0.3, -0.25) is 4.79 Å². The first-order valence-electron chi connectivity index (χ1n) is 8.47. The summed E-state index contributed by atoms with van der Waals surface area (Å²) < 4.78 is 11.6. The summed E-state index contributed by atoms with van der Waals surface area (Å²) in [5.41, 5.74) is 2.87. The predicted molar refractivity (Wildman–Crippen MR) is 104 cm³/mol. The van der Waals surface area contributed by atoms with E-state index in [-0.39, 0.29) is 12.0 Å². The molecule has 3 rings (SSSR count). The molecular weight excluding hydrogens is 328 g/mol. The number of aromatic nitrogens is 1. The minimum Gasteiger partial charge on any atom is -0.491 e. The Kier molecular flexibility index (Phi) is 4.80. The SMILES string of the molecule is C=C(C)c1cc2c(C(=O)Nc3ccc(C)cn3)cc(OC(C)C)cc2o1. The molecule has 0 radical (unpaired) electrons. The van der Waals surface area contributed by atoms with Gasteiger partial charge < -0.3 is 14.5 Å². The maximum absolute atomic E-state index is 12.9. The minimum absolute atomic E-state index is 0.0160. The monoisotopic (exact) mass is 350 g/mol. The summed E-state index contributed by atoms with van der Waals surface area (Å²) in [5, 5.41) is 3.54. The van der Waals surface area contributed by atoms with Crippen molar-refractivity contribution in [1.82, 2.24) is 4.98 Å². The fourth-order valence-corrected chi connectivity index (χ4v) is 2.58. The highest BCUT2D eigenvalue weighted by Gasteiger charge is 2.18. The zero-order valence-electron chi connectivity index (χ0n) is 15.4. The fourth-order valence-electron chi connectivity index (χ4n) is 2.58. The number of allylic oxidation sites excluding steroid dienone is 1. The highest BCUT2D eigenvalue weighted by atomic mass is 16.5. The smallest absolute Gasteiger partial charge is 0.257 e. The van der Waals surface area contributed by atoms with Gasteiger partial charge in [0.2, 0.25) is 0 Å². The Hall–Kier alpha value is -3.08. The predicted octanol–water partition coefficient (Wildman–Crippen LogP) is 5.21. The molecule has 134 valence electrons. The molecule has 5 heteroatoms. The summed E-state index contributed by atoms with van der Waals surface area (Å²) in [7, 11) is 0. The maximum Gasteiger partial charge on any atom is 0.257 e. The highest BCUT2D eigenvalue weighted by Crippen LogP contribution is 2.31.